The Morgan fingerprint density at radius 2 is 1.76 bits per heavy atom. The zero-order valence-electron chi connectivity index (χ0n) is 14.3. The average molecular weight is 330 g/mol. The fraction of sp³-hybridized carbons (Fsp3) is 0.136. The summed E-state index contributed by atoms with van der Waals surface area (Å²) in [4.78, 5) is 0. The quantitative estimate of drug-likeness (QED) is 0.592. The fourth-order valence-corrected chi connectivity index (χ4v) is 2.99. The second-order valence-corrected chi connectivity index (χ2v) is 6.05. The molecule has 0 aliphatic carbocycles. The molecule has 25 heavy (non-hydrogen) atoms. The van der Waals surface area contributed by atoms with Gasteiger partial charge in [0.05, 0.1) is 11.6 Å². The molecule has 0 radical (unpaired) electrons. The molecule has 124 valence electrons. The van der Waals surface area contributed by atoms with Gasteiger partial charge in [0.25, 0.3) is 0 Å². The summed E-state index contributed by atoms with van der Waals surface area (Å²) in [6.45, 7) is 4.84. The molecule has 0 bridgehead atoms. The first kappa shape index (κ1) is 16.7. The largest absolute Gasteiger partial charge is 0.344 e. The minimum Gasteiger partial charge on any atom is -0.344 e. The zero-order valence-corrected chi connectivity index (χ0v) is 14.3. The summed E-state index contributed by atoms with van der Waals surface area (Å²) in [6, 6.07) is 20.8. The lowest BCUT2D eigenvalue weighted by molar-refractivity contribution is 0.624. The summed E-state index contributed by atoms with van der Waals surface area (Å²) in [5.41, 5.74) is 4.99. The minimum absolute atomic E-state index is 0.331. The summed E-state index contributed by atoms with van der Waals surface area (Å²) in [6.07, 6.45) is 1.77. The van der Waals surface area contributed by atoms with Crippen molar-refractivity contribution in [1.82, 2.24) is 4.57 Å². The summed E-state index contributed by atoms with van der Waals surface area (Å²) in [5.74, 6) is -0.381. The van der Waals surface area contributed by atoms with E-state index in [9.17, 15) is 9.65 Å². The zero-order chi connectivity index (χ0) is 17.8. The van der Waals surface area contributed by atoms with Crippen LogP contribution >= 0.6 is 0 Å². The normalized spacial score (nSPS) is 11.4. The van der Waals surface area contributed by atoms with Crippen molar-refractivity contribution in [2.45, 2.75) is 20.4 Å². The number of nitriles is 1. The van der Waals surface area contributed by atoms with Crippen LogP contribution in [-0.2, 0) is 6.54 Å². The van der Waals surface area contributed by atoms with Crippen molar-refractivity contribution in [2.75, 3.05) is 0 Å². The van der Waals surface area contributed by atoms with Gasteiger partial charge in [-0.15, -0.1) is 0 Å². The predicted molar refractivity (Wildman–Crippen MR) is 99.3 cm³/mol. The van der Waals surface area contributed by atoms with Crippen LogP contribution in [0.1, 0.15) is 28.1 Å². The van der Waals surface area contributed by atoms with Gasteiger partial charge in [0.1, 0.15) is 5.82 Å². The molecule has 1 aromatic heterocycles. The summed E-state index contributed by atoms with van der Waals surface area (Å²) < 4.78 is 16.2. The lowest BCUT2D eigenvalue weighted by atomic mass is 10.0. The van der Waals surface area contributed by atoms with Crippen molar-refractivity contribution >= 4 is 11.6 Å². The molecule has 3 rings (SSSR count). The Morgan fingerprint density at radius 3 is 2.44 bits per heavy atom. The fourth-order valence-electron chi connectivity index (χ4n) is 2.99. The highest BCUT2D eigenvalue weighted by atomic mass is 19.1. The van der Waals surface area contributed by atoms with E-state index in [0.717, 1.165) is 23.5 Å². The van der Waals surface area contributed by atoms with Gasteiger partial charge >= 0.3 is 0 Å². The molecule has 0 aliphatic heterocycles. The van der Waals surface area contributed by atoms with Gasteiger partial charge in [0.2, 0.25) is 0 Å². The molecule has 0 amide bonds. The molecule has 0 saturated heterocycles. The number of rotatable bonds is 4. The summed E-state index contributed by atoms with van der Waals surface area (Å²) in [5, 5.41) is 9.48. The van der Waals surface area contributed by atoms with Crippen molar-refractivity contribution in [1.29, 1.82) is 5.26 Å². The Kier molecular flexibility index (Phi) is 4.81. The first-order valence-electron chi connectivity index (χ1n) is 8.17. The van der Waals surface area contributed by atoms with Crippen LogP contribution in [0.25, 0.3) is 11.6 Å². The van der Waals surface area contributed by atoms with E-state index >= 15 is 0 Å². The van der Waals surface area contributed by atoms with E-state index in [1.165, 1.54) is 11.6 Å². The Balaban J connectivity index is 2.00. The van der Waals surface area contributed by atoms with Crippen molar-refractivity contribution in [2.24, 2.45) is 0 Å². The average Bonchev–Trinajstić information content (AvgIpc) is 2.89. The van der Waals surface area contributed by atoms with Gasteiger partial charge in [-0.3, -0.25) is 0 Å². The predicted octanol–water partition coefficient (Wildman–Crippen LogP) is 5.36. The maximum Gasteiger partial charge on any atom is 0.131 e. The van der Waals surface area contributed by atoms with Crippen molar-refractivity contribution < 1.29 is 4.39 Å². The summed E-state index contributed by atoms with van der Waals surface area (Å²) >= 11 is 0. The molecule has 0 aliphatic rings. The van der Waals surface area contributed by atoms with Gasteiger partial charge in [-0.25, -0.2) is 4.39 Å². The van der Waals surface area contributed by atoms with Gasteiger partial charge in [0, 0.05) is 23.5 Å². The van der Waals surface area contributed by atoms with E-state index < -0.39 is 0 Å². The number of hydrogen-bond acceptors (Lipinski definition) is 1. The van der Waals surface area contributed by atoms with Crippen LogP contribution in [0, 0.1) is 31.0 Å². The highest BCUT2D eigenvalue weighted by Gasteiger charge is 2.11. The van der Waals surface area contributed by atoms with Crippen LogP contribution in [0.2, 0.25) is 0 Å². The second-order valence-electron chi connectivity index (χ2n) is 6.05. The highest BCUT2D eigenvalue weighted by Crippen LogP contribution is 2.24. The molecular formula is C22H19FN2. The van der Waals surface area contributed by atoms with Gasteiger partial charge in [-0.2, -0.15) is 5.26 Å². The Bertz CT molecular complexity index is 959. The van der Waals surface area contributed by atoms with Crippen molar-refractivity contribution in [3.63, 3.8) is 0 Å². The molecule has 0 saturated carbocycles. The van der Waals surface area contributed by atoms with Crippen LogP contribution in [-0.4, -0.2) is 4.57 Å². The maximum absolute atomic E-state index is 14.0. The molecule has 2 nitrogen and oxygen atoms in total. The molecule has 3 aromatic rings. The number of halogens is 1. The van der Waals surface area contributed by atoms with Crippen LogP contribution in [0.3, 0.4) is 0 Å². The number of aryl methyl sites for hydroxylation is 1. The van der Waals surface area contributed by atoms with Crippen molar-refractivity contribution in [3.8, 4) is 6.07 Å². The molecule has 0 atom stereocenters. The number of hydrogen-bond donors (Lipinski definition) is 0. The minimum atomic E-state index is -0.381. The molecule has 0 unspecified atom stereocenters. The number of nitrogens with zero attached hydrogens (tertiary/aromatic N) is 2. The van der Waals surface area contributed by atoms with Gasteiger partial charge in [0.15, 0.2) is 0 Å². The molecule has 0 fully saturated rings. The molecule has 3 heteroatoms. The smallest absolute Gasteiger partial charge is 0.131 e. The van der Waals surface area contributed by atoms with Crippen LogP contribution < -0.4 is 0 Å². The molecule has 0 spiro atoms. The Hall–Kier alpha value is -3.12. The maximum atomic E-state index is 14.0. The molecular weight excluding hydrogens is 311 g/mol. The molecule has 0 N–H and O–H groups in total. The van der Waals surface area contributed by atoms with E-state index in [2.05, 4.69) is 22.8 Å². The van der Waals surface area contributed by atoms with E-state index in [1.54, 1.807) is 24.3 Å². The second kappa shape index (κ2) is 7.19. The Labute approximate surface area is 147 Å². The third kappa shape index (κ3) is 3.54. The topological polar surface area (TPSA) is 28.7 Å². The first-order chi connectivity index (χ1) is 12.1. The third-order valence-corrected chi connectivity index (χ3v) is 4.38. The van der Waals surface area contributed by atoms with E-state index in [-0.39, 0.29) is 5.82 Å². The van der Waals surface area contributed by atoms with Gasteiger partial charge in [-0.05, 0) is 43.2 Å². The number of allylic oxidation sites excluding steroid dienone is 1. The van der Waals surface area contributed by atoms with E-state index in [0.29, 0.717) is 11.1 Å². The first-order valence-corrected chi connectivity index (χ1v) is 8.17. The SMILES string of the molecule is Cc1cc(C=C(C#N)c2ccccc2F)c(C)n1Cc1ccccc1. The standard InChI is InChI=1S/C22H19FN2/c1-16-12-19(13-20(14-24)21-10-6-7-11-22(21)23)17(2)25(16)15-18-8-4-3-5-9-18/h3-13H,15H2,1-2H3. The molecule has 2 aromatic carbocycles. The van der Waals surface area contributed by atoms with Gasteiger partial charge in [-0.1, -0.05) is 48.5 Å². The Morgan fingerprint density at radius 1 is 1.08 bits per heavy atom. The van der Waals surface area contributed by atoms with E-state index in [1.807, 2.05) is 38.1 Å². The van der Waals surface area contributed by atoms with Crippen LogP contribution in [0.5, 0.6) is 0 Å². The number of aromatic nitrogens is 1. The molecule has 1 heterocycles. The van der Waals surface area contributed by atoms with Crippen molar-refractivity contribution in [3.05, 3.63) is 94.6 Å². The third-order valence-electron chi connectivity index (χ3n) is 4.38. The lowest BCUT2D eigenvalue weighted by Gasteiger charge is -2.09. The van der Waals surface area contributed by atoms with Crippen LogP contribution in [0.15, 0.2) is 60.7 Å². The number of benzene rings is 2. The van der Waals surface area contributed by atoms with Crippen LogP contribution in [0.4, 0.5) is 4.39 Å². The van der Waals surface area contributed by atoms with Gasteiger partial charge < -0.3 is 4.57 Å². The lowest BCUT2D eigenvalue weighted by Crippen LogP contribution is -2.03. The monoisotopic (exact) mass is 330 g/mol. The highest BCUT2D eigenvalue weighted by molar-refractivity contribution is 5.90. The summed E-state index contributed by atoms with van der Waals surface area (Å²) in [7, 11) is 0. The van der Waals surface area contributed by atoms with E-state index in [4.69, 9.17) is 0 Å².